The molecule has 0 spiro atoms. The number of Topliss-reactive ketones (excluding diaryl/α,β-unsaturated/α-hetero) is 1. The van der Waals surface area contributed by atoms with E-state index in [1.807, 2.05) is 44.4 Å². The molecule has 2 heterocycles. The van der Waals surface area contributed by atoms with Crippen molar-refractivity contribution in [3.63, 3.8) is 0 Å². The van der Waals surface area contributed by atoms with Crippen molar-refractivity contribution < 1.29 is 14.0 Å². The van der Waals surface area contributed by atoms with E-state index in [1.165, 1.54) is 6.07 Å². The van der Waals surface area contributed by atoms with E-state index in [9.17, 15) is 14.0 Å². The van der Waals surface area contributed by atoms with Crippen LogP contribution in [0.5, 0.6) is 0 Å². The van der Waals surface area contributed by atoms with Gasteiger partial charge in [0.2, 0.25) is 5.91 Å². The summed E-state index contributed by atoms with van der Waals surface area (Å²) < 4.78 is 16.0. The van der Waals surface area contributed by atoms with E-state index in [4.69, 9.17) is 0 Å². The molecule has 0 atom stereocenters. The first kappa shape index (κ1) is 22.2. The lowest BCUT2D eigenvalue weighted by Crippen LogP contribution is -2.43. The van der Waals surface area contributed by atoms with Crippen LogP contribution in [-0.4, -0.2) is 46.8 Å². The van der Waals surface area contributed by atoms with Crippen molar-refractivity contribution in [2.75, 3.05) is 19.6 Å². The maximum absolute atomic E-state index is 14.0. The van der Waals surface area contributed by atoms with Crippen LogP contribution in [0.1, 0.15) is 54.0 Å². The van der Waals surface area contributed by atoms with Crippen molar-refractivity contribution in [3.8, 4) is 5.69 Å². The average Bonchev–Trinajstić information content (AvgIpc) is 2.98. The minimum Gasteiger partial charge on any atom is -0.354 e. The van der Waals surface area contributed by atoms with Crippen LogP contribution in [-0.2, 0) is 4.79 Å². The van der Waals surface area contributed by atoms with Crippen LogP contribution in [0.25, 0.3) is 5.69 Å². The van der Waals surface area contributed by atoms with Crippen molar-refractivity contribution in [2.24, 2.45) is 5.92 Å². The maximum atomic E-state index is 14.0. The number of likely N-dealkylation sites (tertiary alicyclic amines) is 1. The molecule has 1 amide bonds. The van der Waals surface area contributed by atoms with Crippen LogP contribution < -0.4 is 5.32 Å². The summed E-state index contributed by atoms with van der Waals surface area (Å²) in [5.74, 6) is -0.0469. The van der Waals surface area contributed by atoms with Gasteiger partial charge in [0.05, 0.1) is 6.54 Å². The normalized spacial score (nSPS) is 15.6. The number of ketones is 1. The predicted molar refractivity (Wildman–Crippen MR) is 117 cm³/mol. The van der Waals surface area contributed by atoms with Gasteiger partial charge in [0.1, 0.15) is 5.82 Å². The number of rotatable bonds is 6. The highest BCUT2D eigenvalue weighted by Gasteiger charge is 2.27. The Bertz CT molecular complexity index is 940. The molecule has 1 aliphatic heterocycles. The van der Waals surface area contributed by atoms with Crippen LogP contribution in [0.3, 0.4) is 0 Å². The molecule has 162 valence electrons. The van der Waals surface area contributed by atoms with Crippen LogP contribution in [0.15, 0.2) is 24.3 Å². The zero-order chi connectivity index (χ0) is 22.0. The van der Waals surface area contributed by atoms with E-state index in [2.05, 4.69) is 10.2 Å². The zero-order valence-electron chi connectivity index (χ0n) is 18.6. The number of nitrogens with one attached hydrogen (secondary N) is 1. The molecule has 0 unspecified atom stereocenters. The van der Waals surface area contributed by atoms with Crippen LogP contribution >= 0.6 is 0 Å². The second-order valence-corrected chi connectivity index (χ2v) is 8.69. The second kappa shape index (κ2) is 9.13. The monoisotopic (exact) mass is 413 g/mol. The molecule has 0 radical (unpaired) electrons. The Morgan fingerprint density at radius 1 is 1.13 bits per heavy atom. The first-order chi connectivity index (χ1) is 14.2. The summed E-state index contributed by atoms with van der Waals surface area (Å²) in [6.07, 6.45) is 1.54. The molecule has 5 nitrogen and oxygen atoms in total. The summed E-state index contributed by atoms with van der Waals surface area (Å²) in [4.78, 5) is 27.3. The third kappa shape index (κ3) is 4.81. The van der Waals surface area contributed by atoms with Gasteiger partial charge in [0, 0.05) is 34.6 Å². The van der Waals surface area contributed by atoms with E-state index < -0.39 is 0 Å². The number of aryl methyl sites for hydroxylation is 2. The second-order valence-electron chi connectivity index (χ2n) is 8.69. The minimum atomic E-state index is -0.253. The molecule has 3 rings (SSSR count). The van der Waals surface area contributed by atoms with E-state index in [1.54, 1.807) is 13.0 Å². The van der Waals surface area contributed by atoms with Gasteiger partial charge in [-0.05, 0) is 84.3 Å². The summed E-state index contributed by atoms with van der Waals surface area (Å²) in [5, 5.41) is 2.98. The summed E-state index contributed by atoms with van der Waals surface area (Å²) in [5.41, 5.74) is 3.73. The summed E-state index contributed by atoms with van der Waals surface area (Å²) in [6, 6.07) is 7.17. The smallest absolute Gasteiger partial charge is 0.223 e. The lowest BCUT2D eigenvalue weighted by atomic mass is 9.95. The van der Waals surface area contributed by atoms with Crippen molar-refractivity contribution in [1.82, 2.24) is 14.8 Å². The van der Waals surface area contributed by atoms with Crippen molar-refractivity contribution in [2.45, 2.75) is 53.5 Å². The highest BCUT2D eigenvalue weighted by molar-refractivity contribution is 5.99. The molecule has 0 aliphatic carbocycles. The molecular formula is C24H32FN3O2. The third-order valence-electron chi connectivity index (χ3n) is 5.90. The van der Waals surface area contributed by atoms with Gasteiger partial charge < -0.3 is 9.88 Å². The third-order valence-corrected chi connectivity index (χ3v) is 5.90. The van der Waals surface area contributed by atoms with E-state index in [-0.39, 0.29) is 29.5 Å². The van der Waals surface area contributed by atoms with Gasteiger partial charge >= 0.3 is 0 Å². The standard InChI is InChI=1S/C24H32FN3O2/c1-15(2)26-24(30)19-8-10-27(11-9-19)14-23(29)21-12-17(4)28(18(21)5)20-7-6-16(3)22(25)13-20/h6-7,12-13,15,19H,8-11,14H2,1-5H3,(H,26,30). The topological polar surface area (TPSA) is 54.3 Å². The first-order valence-corrected chi connectivity index (χ1v) is 10.7. The number of hydrogen-bond acceptors (Lipinski definition) is 3. The lowest BCUT2D eigenvalue weighted by molar-refractivity contribution is -0.126. The minimum absolute atomic E-state index is 0.0280. The Labute approximate surface area is 178 Å². The van der Waals surface area contributed by atoms with Gasteiger partial charge in [-0.2, -0.15) is 0 Å². The van der Waals surface area contributed by atoms with E-state index >= 15 is 0 Å². The number of hydrogen-bond donors (Lipinski definition) is 1. The van der Waals surface area contributed by atoms with Crippen LogP contribution in [0.2, 0.25) is 0 Å². The molecular weight excluding hydrogens is 381 g/mol. The van der Waals surface area contributed by atoms with Gasteiger partial charge in [-0.3, -0.25) is 14.5 Å². The number of amides is 1. The quantitative estimate of drug-likeness (QED) is 0.730. The summed E-state index contributed by atoms with van der Waals surface area (Å²) >= 11 is 0. The Balaban J connectivity index is 1.67. The summed E-state index contributed by atoms with van der Waals surface area (Å²) in [6.45, 7) is 11.3. The molecule has 0 bridgehead atoms. The number of benzene rings is 1. The number of carbonyl (C=O) groups is 2. The maximum Gasteiger partial charge on any atom is 0.223 e. The molecule has 1 saturated heterocycles. The molecule has 0 saturated carbocycles. The van der Waals surface area contributed by atoms with Crippen molar-refractivity contribution in [1.29, 1.82) is 0 Å². The molecule has 1 N–H and O–H groups in total. The summed E-state index contributed by atoms with van der Waals surface area (Å²) in [7, 11) is 0. The SMILES string of the molecule is Cc1ccc(-n2c(C)cc(C(=O)CN3CCC(C(=O)NC(C)C)CC3)c2C)cc1F. The largest absolute Gasteiger partial charge is 0.354 e. The molecule has 30 heavy (non-hydrogen) atoms. The molecule has 1 aromatic heterocycles. The van der Waals surface area contributed by atoms with E-state index in [0.717, 1.165) is 43.0 Å². The van der Waals surface area contributed by atoms with Gasteiger partial charge in [-0.15, -0.1) is 0 Å². The average molecular weight is 414 g/mol. The Kier molecular flexibility index (Phi) is 6.76. The fourth-order valence-corrected chi connectivity index (χ4v) is 4.21. The number of halogens is 1. The Morgan fingerprint density at radius 2 is 1.80 bits per heavy atom. The van der Waals surface area contributed by atoms with Crippen LogP contribution in [0, 0.1) is 32.5 Å². The Morgan fingerprint density at radius 3 is 2.40 bits per heavy atom. The predicted octanol–water partition coefficient (Wildman–Crippen LogP) is 3.96. The van der Waals surface area contributed by atoms with E-state index in [0.29, 0.717) is 17.7 Å². The van der Waals surface area contributed by atoms with Gasteiger partial charge in [0.15, 0.2) is 5.78 Å². The molecule has 2 aromatic rings. The highest BCUT2D eigenvalue weighted by Crippen LogP contribution is 2.24. The number of piperidine rings is 1. The van der Waals surface area contributed by atoms with Gasteiger partial charge in [0.25, 0.3) is 0 Å². The Hall–Kier alpha value is -2.47. The molecule has 6 heteroatoms. The number of carbonyl (C=O) groups excluding carboxylic acids is 2. The van der Waals surface area contributed by atoms with Crippen molar-refractivity contribution >= 4 is 11.7 Å². The molecule has 1 aliphatic rings. The number of nitrogens with zero attached hydrogens (tertiary/aromatic N) is 2. The molecule has 1 aromatic carbocycles. The fourth-order valence-electron chi connectivity index (χ4n) is 4.21. The fraction of sp³-hybridized carbons (Fsp3) is 0.500. The van der Waals surface area contributed by atoms with Gasteiger partial charge in [-0.25, -0.2) is 4.39 Å². The molecule has 1 fully saturated rings. The highest BCUT2D eigenvalue weighted by atomic mass is 19.1. The lowest BCUT2D eigenvalue weighted by Gasteiger charge is -2.31. The van der Waals surface area contributed by atoms with Crippen molar-refractivity contribution in [3.05, 3.63) is 52.6 Å². The van der Waals surface area contributed by atoms with Crippen LogP contribution in [0.4, 0.5) is 4.39 Å². The first-order valence-electron chi connectivity index (χ1n) is 10.7. The van der Waals surface area contributed by atoms with Gasteiger partial charge in [-0.1, -0.05) is 6.07 Å². The zero-order valence-corrected chi connectivity index (χ0v) is 18.6. The number of aromatic nitrogens is 1.